The standard InChI is InChI=1S/C27H23N5O3S/c1-3-34-23-15-18(8-9-22(23)35-16-20-7-5-4-6-17(20)2)14-21-24(28)32-27(30-25(21)33)36-26(31-32)19-10-12-29-13-11-19/h4-15,28H,3,16H2,1-2H3/b21-14+,28-24?. The van der Waals surface area contributed by atoms with Gasteiger partial charge in [-0.15, -0.1) is 0 Å². The number of nitrogens with one attached hydrogen (secondary N) is 1. The van der Waals surface area contributed by atoms with Gasteiger partial charge in [-0.1, -0.05) is 30.3 Å². The van der Waals surface area contributed by atoms with Crippen molar-refractivity contribution in [3.8, 4) is 11.5 Å². The number of hydrazone groups is 1. The van der Waals surface area contributed by atoms with E-state index in [-0.39, 0.29) is 11.4 Å². The number of hydrogen-bond acceptors (Lipinski definition) is 7. The van der Waals surface area contributed by atoms with Gasteiger partial charge in [-0.2, -0.15) is 15.1 Å². The molecular weight excluding hydrogens is 474 g/mol. The zero-order valence-corrected chi connectivity index (χ0v) is 20.6. The molecule has 0 atom stereocenters. The molecule has 1 aromatic heterocycles. The van der Waals surface area contributed by atoms with E-state index >= 15 is 0 Å². The lowest BCUT2D eigenvalue weighted by atomic mass is 10.1. The molecule has 9 heteroatoms. The van der Waals surface area contributed by atoms with Crippen molar-refractivity contribution < 1.29 is 14.3 Å². The number of benzene rings is 2. The summed E-state index contributed by atoms with van der Waals surface area (Å²) in [6, 6.07) is 17.1. The number of carbonyl (C=O) groups is 1. The second kappa shape index (κ2) is 10.2. The van der Waals surface area contributed by atoms with Crippen LogP contribution >= 0.6 is 11.8 Å². The van der Waals surface area contributed by atoms with Gasteiger partial charge >= 0.3 is 0 Å². The van der Waals surface area contributed by atoms with Crippen LogP contribution in [0.25, 0.3) is 6.08 Å². The molecule has 36 heavy (non-hydrogen) atoms. The number of thioether (sulfide) groups is 1. The van der Waals surface area contributed by atoms with E-state index in [9.17, 15) is 4.79 Å². The van der Waals surface area contributed by atoms with Crippen molar-refractivity contribution in [1.82, 2.24) is 9.99 Å². The van der Waals surface area contributed by atoms with Gasteiger partial charge in [-0.3, -0.25) is 15.2 Å². The van der Waals surface area contributed by atoms with Crippen molar-refractivity contribution in [3.63, 3.8) is 0 Å². The summed E-state index contributed by atoms with van der Waals surface area (Å²) in [5, 5.41) is 15.5. The minimum Gasteiger partial charge on any atom is -0.490 e. The topological polar surface area (TPSA) is 100 Å². The lowest BCUT2D eigenvalue weighted by Crippen LogP contribution is -2.35. The van der Waals surface area contributed by atoms with Crippen LogP contribution in [-0.4, -0.2) is 38.6 Å². The van der Waals surface area contributed by atoms with Crippen molar-refractivity contribution in [3.05, 3.63) is 94.8 Å². The summed E-state index contributed by atoms with van der Waals surface area (Å²) in [5.74, 6) is 0.659. The maximum Gasteiger partial charge on any atom is 0.283 e. The van der Waals surface area contributed by atoms with Crippen LogP contribution in [-0.2, 0) is 11.4 Å². The Morgan fingerprint density at radius 2 is 1.86 bits per heavy atom. The fourth-order valence-corrected chi connectivity index (χ4v) is 4.60. The molecular formula is C27H23N5O3S. The lowest BCUT2D eigenvalue weighted by Gasteiger charge is -2.20. The number of hydrogen-bond donors (Lipinski definition) is 1. The number of carbonyl (C=O) groups excluding carboxylic acids is 1. The summed E-state index contributed by atoms with van der Waals surface area (Å²) in [6.07, 6.45) is 4.97. The molecule has 0 spiro atoms. The van der Waals surface area contributed by atoms with Gasteiger partial charge in [0.05, 0.1) is 12.2 Å². The third kappa shape index (κ3) is 4.78. The normalized spacial score (nSPS) is 16.1. The first-order valence-electron chi connectivity index (χ1n) is 11.4. The van der Waals surface area contributed by atoms with Crippen molar-refractivity contribution >= 4 is 39.8 Å². The Bertz CT molecular complexity index is 1430. The maximum absolute atomic E-state index is 12.8. The van der Waals surface area contributed by atoms with Crippen molar-refractivity contribution in [2.75, 3.05) is 6.61 Å². The number of rotatable bonds is 7. The largest absolute Gasteiger partial charge is 0.490 e. The zero-order valence-electron chi connectivity index (χ0n) is 19.8. The number of nitrogens with zero attached hydrogens (tertiary/aromatic N) is 4. The molecule has 0 radical (unpaired) electrons. The summed E-state index contributed by atoms with van der Waals surface area (Å²) in [7, 11) is 0. The van der Waals surface area contributed by atoms with Crippen LogP contribution in [0.5, 0.6) is 11.5 Å². The van der Waals surface area contributed by atoms with Gasteiger partial charge in [0.2, 0.25) is 5.17 Å². The van der Waals surface area contributed by atoms with Gasteiger partial charge in [0.25, 0.3) is 5.91 Å². The summed E-state index contributed by atoms with van der Waals surface area (Å²) in [6.45, 7) is 4.82. The van der Waals surface area contributed by atoms with Crippen LogP contribution in [0.15, 0.2) is 82.7 Å². The van der Waals surface area contributed by atoms with E-state index in [1.165, 1.54) is 16.8 Å². The molecule has 2 aliphatic heterocycles. The highest BCUT2D eigenvalue weighted by Gasteiger charge is 2.36. The quantitative estimate of drug-likeness (QED) is 0.459. The van der Waals surface area contributed by atoms with Crippen molar-refractivity contribution in [2.45, 2.75) is 20.5 Å². The first-order chi connectivity index (χ1) is 17.5. The van der Waals surface area contributed by atoms with E-state index in [0.717, 1.165) is 16.7 Å². The molecule has 2 aromatic carbocycles. The van der Waals surface area contributed by atoms with Crippen molar-refractivity contribution in [1.29, 1.82) is 5.41 Å². The van der Waals surface area contributed by atoms with E-state index in [0.29, 0.717) is 40.5 Å². The summed E-state index contributed by atoms with van der Waals surface area (Å²) >= 11 is 1.25. The Kier molecular flexibility index (Phi) is 6.64. The SMILES string of the molecule is CCOc1cc(/C=C2\C(=N)N3N=C(c4ccncc4)SC3=NC2=O)ccc1OCc1ccccc1C. The molecule has 2 aliphatic rings. The molecule has 3 aromatic rings. The minimum absolute atomic E-state index is 0.0283. The third-order valence-electron chi connectivity index (χ3n) is 5.60. The molecule has 3 heterocycles. The third-order valence-corrected chi connectivity index (χ3v) is 6.56. The van der Waals surface area contributed by atoms with Crippen LogP contribution in [0.4, 0.5) is 0 Å². The number of amides is 1. The Labute approximate surface area is 212 Å². The maximum atomic E-state index is 12.8. The molecule has 0 fully saturated rings. The molecule has 1 amide bonds. The summed E-state index contributed by atoms with van der Waals surface area (Å²) in [4.78, 5) is 21.0. The zero-order chi connectivity index (χ0) is 25.1. The highest BCUT2D eigenvalue weighted by Crippen LogP contribution is 2.33. The molecule has 0 unspecified atom stereocenters. The second-order valence-electron chi connectivity index (χ2n) is 8.02. The first-order valence-corrected chi connectivity index (χ1v) is 12.2. The van der Waals surface area contributed by atoms with Gasteiger partial charge in [0, 0.05) is 18.0 Å². The predicted octanol–water partition coefficient (Wildman–Crippen LogP) is 5.04. The van der Waals surface area contributed by atoms with E-state index in [4.69, 9.17) is 14.9 Å². The Hall–Kier alpha value is -4.24. The van der Waals surface area contributed by atoms with Gasteiger partial charge in [0.1, 0.15) is 11.7 Å². The Morgan fingerprint density at radius 1 is 1.06 bits per heavy atom. The predicted molar refractivity (Wildman–Crippen MR) is 141 cm³/mol. The number of ether oxygens (including phenoxy) is 2. The van der Waals surface area contributed by atoms with E-state index < -0.39 is 5.91 Å². The van der Waals surface area contributed by atoms with Gasteiger partial charge in [0.15, 0.2) is 17.3 Å². The highest BCUT2D eigenvalue weighted by molar-refractivity contribution is 8.27. The number of aryl methyl sites for hydroxylation is 1. The van der Waals surface area contributed by atoms with E-state index in [2.05, 4.69) is 15.1 Å². The number of aromatic nitrogens is 1. The average Bonchev–Trinajstić information content (AvgIpc) is 3.32. The van der Waals surface area contributed by atoms with Crippen molar-refractivity contribution in [2.24, 2.45) is 10.1 Å². The molecule has 0 saturated heterocycles. The molecule has 0 aliphatic carbocycles. The van der Waals surface area contributed by atoms with Crippen LogP contribution in [0.1, 0.15) is 29.2 Å². The number of amidine groups is 2. The molecule has 0 bridgehead atoms. The van der Waals surface area contributed by atoms with Crippen LogP contribution < -0.4 is 9.47 Å². The first kappa shape index (κ1) is 23.5. The molecule has 180 valence electrons. The minimum atomic E-state index is -0.484. The summed E-state index contributed by atoms with van der Waals surface area (Å²) in [5.41, 5.74) is 3.94. The average molecular weight is 498 g/mol. The van der Waals surface area contributed by atoms with E-state index in [1.54, 1.807) is 24.5 Å². The van der Waals surface area contributed by atoms with Crippen LogP contribution in [0.3, 0.4) is 0 Å². The van der Waals surface area contributed by atoms with Gasteiger partial charge in [-0.25, -0.2) is 0 Å². The second-order valence-corrected chi connectivity index (χ2v) is 8.97. The van der Waals surface area contributed by atoms with Crippen LogP contribution in [0.2, 0.25) is 0 Å². The monoisotopic (exact) mass is 497 g/mol. The molecule has 1 N–H and O–H groups in total. The highest BCUT2D eigenvalue weighted by atomic mass is 32.2. The van der Waals surface area contributed by atoms with Gasteiger partial charge in [-0.05, 0) is 72.6 Å². The Balaban J connectivity index is 1.40. The number of fused-ring (bicyclic) bond motifs is 1. The van der Waals surface area contributed by atoms with E-state index in [1.807, 2.05) is 62.4 Å². The lowest BCUT2D eigenvalue weighted by molar-refractivity contribution is -0.114. The van der Waals surface area contributed by atoms with Gasteiger partial charge < -0.3 is 9.47 Å². The number of aliphatic imine (C=N–C) groups is 1. The molecule has 0 saturated carbocycles. The summed E-state index contributed by atoms with van der Waals surface area (Å²) < 4.78 is 11.9. The fourth-order valence-electron chi connectivity index (χ4n) is 3.70. The molecule has 8 nitrogen and oxygen atoms in total. The fraction of sp³-hybridized carbons (Fsp3) is 0.148. The smallest absolute Gasteiger partial charge is 0.283 e. The Morgan fingerprint density at radius 3 is 2.64 bits per heavy atom. The number of pyridine rings is 1. The molecule has 5 rings (SSSR count). The van der Waals surface area contributed by atoms with Crippen LogP contribution in [0, 0.1) is 12.3 Å².